The molecule has 0 aliphatic carbocycles. The molecule has 0 bridgehead atoms. The normalized spacial score (nSPS) is 20.3. The third kappa shape index (κ3) is 5.05. The Morgan fingerprint density at radius 1 is 1.14 bits per heavy atom. The van der Waals surface area contributed by atoms with Crippen molar-refractivity contribution in [1.29, 1.82) is 0 Å². The van der Waals surface area contributed by atoms with Gasteiger partial charge in [0.15, 0.2) is 0 Å². The number of amides is 2. The standard InChI is InChI=1S/C21H27N3O4/c25-21(24-11-9-23(10-12-24)15-19-3-1-13-26-19)22-17-5-7-18(8-6-17)28-16-20-4-2-14-27-20/h1,3,5-8,13,20H,2,4,9-12,14-16H2,(H,22,25)/t20-/m1/s1. The Hall–Kier alpha value is -2.51. The first kappa shape index (κ1) is 18.8. The number of piperazine rings is 1. The number of nitrogens with one attached hydrogen (secondary N) is 1. The summed E-state index contributed by atoms with van der Waals surface area (Å²) in [5.41, 5.74) is 0.771. The van der Waals surface area contributed by atoms with Gasteiger partial charge in [0.25, 0.3) is 0 Å². The zero-order valence-corrected chi connectivity index (χ0v) is 16.0. The smallest absolute Gasteiger partial charge is 0.321 e. The first-order valence-electron chi connectivity index (χ1n) is 9.91. The Labute approximate surface area is 165 Å². The third-order valence-electron chi connectivity index (χ3n) is 5.18. The van der Waals surface area contributed by atoms with Crippen LogP contribution in [-0.4, -0.2) is 61.3 Å². The van der Waals surface area contributed by atoms with Crippen LogP contribution in [0.2, 0.25) is 0 Å². The Morgan fingerprint density at radius 3 is 2.64 bits per heavy atom. The van der Waals surface area contributed by atoms with Crippen molar-refractivity contribution in [2.24, 2.45) is 0 Å². The molecule has 1 N–H and O–H groups in total. The van der Waals surface area contributed by atoms with Gasteiger partial charge in [0.05, 0.1) is 18.9 Å². The molecule has 1 atom stereocenters. The van der Waals surface area contributed by atoms with E-state index in [1.165, 1.54) is 0 Å². The lowest BCUT2D eigenvalue weighted by Gasteiger charge is -2.34. The fourth-order valence-electron chi connectivity index (χ4n) is 3.53. The summed E-state index contributed by atoms with van der Waals surface area (Å²) < 4.78 is 16.7. The lowest BCUT2D eigenvalue weighted by Crippen LogP contribution is -2.49. The average Bonchev–Trinajstić information content (AvgIpc) is 3.42. The van der Waals surface area contributed by atoms with E-state index in [0.29, 0.717) is 19.7 Å². The van der Waals surface area contributed by atoms with Crippen molar-refractivity contribution < 1.29 is 18.7 Å². The summed E-state index contributed by atoms with van der Waals surface area (Å²) in [5.74, 6) is 1.75. The lowest BCUT2D eigenvalue weighted by atomic mass is 10.2. The van der Waals surface area contributed by atoms with Crippen LogP contribution in [0.4, 0.5) is 10.5 Å². The van der Waals surface area contributed by atoms with Crippen molar-refractivity contribution >= 4 is 11.7 Å². The molecule has 1 aromatic carbocycles. The first-order chi connectivity index (χ1) is 13.8. The highest BCUT2D eigenvalue weighted by Gasteiger charge is 2.22. The topological polar surface area (TPSA) is 67.2 Å². The fourth-order valence-corrected chi connectivity index (χ4v) is 3.53. The van der Waals surface area contributed by atoms with Crippen molar-refractivity contribution in [3.63, 3.8) is 0 Å². The number of rotatable bonds is 6. The number of anilines is 1. The number of hydrogen-bond donors (Lipinski definition) is 1. The van der Waals surface area contributed by atoms with Gasteiger partial charge in [-0.25, -0.2) is 4.79 Å². The van der Waals surface area contributed by atoms with Crippen molar-refractivity contribution in [3.8, 4) is 5.75 Å². The number of furan rings is 1. The van der Waals surface area contributed by atoms with Crippen molar-refractivity contribution in [2.45, 2.75) is 25.5 Å². The SMILES string of the molecule is O=C(Nc1ccc(OC[C@H]2CCCO2)cc1)N1CCN(Cc2ccco2)CC1. The maximum Gasteiger partial charge on any atom is 0.321 e. The summed E-state index contributed by atoms with van der Waals surface area (Å²) >= 11 is 0. The molecule has 0 saturated carbocycles. The van der Waals surface area contributed by atoms with Crippen LogP contribution in [0, 0.1) is 0 Å². The largest absolute Gasteiger partial charge is 0.491 e. The number of carbonyl (C=O) groups is 1. The Bertz CT molecular complexity index is 734. The minimum absolute atomic E-state index is 0.0642. The first-order valence-corrected chi connectivity index (χ1v) is 9.91. The second-order valence-electron chi connectivity index (χ2n) is 7.24. The van der Waals surface area contributed by atoms with Crippen molar-refractivity contribution in [1.82, 2.24) is 9.80 Å². The molecule has 2 amide bonds. The second-order valence-corrected chi connectivity index (χ2v) is 7.24. The number of urea groups is 1. The van der Waals surface area contributed by atoms with Gasteiger partial charge in [-0.15, -0.1) is 0 Å². The van der Waals surface area contributed by atoms with E-state index in [0.717, 1.165) is 56.3 Å². The van der Waals surface area contributed by atoms with E-state index in [4.69, 9.17) is 13.9 Å². The highest BCUT2D eigenvalue weighted by molar-refractivity contribution is 5.89. The zero-order chi connectivity index (χ0) is 19.2. The van der Waals surface area contributed by atoms with Gasteiger partial charge in [0.2, 0.25) is 0 Å². The summed E-state index contributed by atoms with van der Waals surface area (Å²) in [7, 11) is 0. The summed E-state index contributed by atoms with van der Waals surface area (Å²) in [4.78, 5) is 16.6. The van der Waals surface area contributed by atoms with Crippen LogP contribution in [0.3, 0.4) is 0 Å². The predicted octanol–water partition coefficient (Wildman–Crippen LogP) is 3.19. The molecule has 2 aliphatic heterocycles. The van der Waals surface area contributed by atoms with Gasteiger partial charge in [0, 0.05) is 38.5 Å². The van der Waals surface area contributed by atoms with Crippen LogP contribution in [0.1, 0.15) is 18.6 Å². The van der Waals surface area contributed by atoms with E-state index in [1.807, 2.05) is 41.3 Å². The lowest BCUT2D eigenvalue weighted by molar-refractivity contribution is 0.0679. The maximum absolute atomic E-state index is 12.5. The van der Waals surface area contributed by atoms with Crippen molar-refractivity contribution in [2.75, 3.05) is 44.7 Å². The number of nitrogens with zero attached hydrogens (tertiary/aromatic N) is 2. The zero-order valence-electron chi connectivity index (χ0n) is 16.0. The third-order valence-corrected chi connectivity index (χ3v) is 5.18. The molecular formula is C21H27N3O4. The van der Waals surface area contributed by atoms with Crippen molar-refractivity contribution in [3.05, 3.63) is 48.4 Å². The molecule has 7 heteroatoms. The summed E-state index contributed by atoms with van der Waals surface area (Å²) in [6.07, 6.45) is 4.06. The molecule has 28 heavy (non-hydrogen) atoms. The molecule has 2 fully saturated rings. The highest BCUT2D eigenvalue weighted by Crippen LogP contribution is 2.19. The van der Waals surface area contributed by atoms with Gasteiger partial charge in [-0.1, -0.05) is 0 Å². The summed E-state index contributed by atoms with van der Waals surface area (Å²) in [6, 6.07) is 11.3. The monoisotopic (exact) mass is 385 g/mol. The molecule has 4 rings (SSSR count). The molecule has 0 spiro atoms. The molecule has 1 aromatic heterocycles. The van der Waals surface area contributed by atoms with Crippen LogP contribution < -0.4 is 10.1 Å². The molecule has 0 radical (unpaired) electrons. The number of carbonyl (C=O) groups excluding carboxylic acids is 1. The van der Waals surface area contributed by atoms with Crippen LogP contribution in [-0.2, 0) is 11.3 Å². The Kier molecular flexibility index (Phi) is 6.14. The number of hydrogen-bond acceptors (Lipinski definition) is 5. The molecule has 150 valence electrons. The van der Waals surface area contributed by atoms with Gasteiger partial charge >= 0.3 is 6.03 Å². The van der Waals surface area contributed by atoms with Crippen LogP contribution in [0.15, 0.2) is 47.1 Å². The molecule has 3 heterocycles. The van der Waals surface area contributed by atoms with Crippen LogP contribution in [0.5, 0.6) is 5.75 Å². The van der Waals surface area contributed by atoms with E-state index < -0.39 is 0 Å². The van der Waals surface area contributed by atoms with Crippen LogP contribution in [0.25, 0.3) is 0 Å². The maximum atomic E-state index is 12.5. The van der Waals surface area contributed by atoms with Gasteiger partial charge in [-0.05, 0) is 49.2 Å². The Balaban J connectivity index is 1.20. The van der Waals surface area contributed by atoms with Gasteiger partial charge < -0.3 is 24.1 Å². The quantitative estimate of drug-likeness (QED) is 0.827. The van der Waals surface area contributed by atoms with Gasteiger partial charge in [-0.3, -0.25) is 4.90 Å². The molecule has 2 saturated heterocycles. The molecule has 2 aromatic rings. The van der Waals surface area contributed by atoms with E-state index in [2.05, 4.69) is 10.2 Å². The number of ether oxygens (including phenoxy) is 2. The van der Waals surface area contributed by atoms with Gasteiger partial charge in [-0.2, -0.15) is 0 Å². The molecular weight excluding hydrogens is 358 g/mol. The van der Waals surface area contributed by atoms with Gasteiger partial charge in [0.1, 0.15) is 18.1 Å². The summed E-state index contributed by atoms with van der Waals surface area (Å²) in [5, 5.41) is 2.97. The minimum atomic E-state index is -0.0642. The fraction of sp³-hybridized carbons (Fsp3) is 0.476. The van der Waals surface area contributed by atoms with E-state index >= 15 is 0 Å². The average molecular weight is 385 g/mol. The van der Waals surface area contributed by atoms with Crippen LogP contribution >= 0.6 is 0 Å². The van der Waals surface area contributed by atoms with E-state index in [-0.39, 0.29) is 12.1 Å². The molecule has 0 unspecified atom stereocenters. The predicted molar refractivity (Wildman–Crippen MR) is 105 cm³/mol. The molecule has 7 nitrogen and oxygen atoms in total. The highest BCUT2D eigenvalue weighted by atomic mass is 16.5. The number of benzene rings is 1. The van der Waals surface area contributed by atoms with E-state index in [1.54, 1.807) is 6.26 Å². The second kappa shape index (κ2) is 9.12. The summed E-state index contributed by atoms with van der Waals surface area (Å²) in [6.45, 7) is 5.28. The Morgan fingerprint density at radius 2 is 1.96 bits per heavy atom. The van der Waals surface area contributed by atoms with E-state index in [9.17, 15) is 4.79 Å². The minimum Gasteiger partial charge on any atom is -0.491 e. The molecule has 2 aliphatic rings.